The van der Waals surface area contributed by atoms with Crippen LogP contribution in [0.25, 0.3) is 0 Å². The Bertz CT molecular complexity index is 570. The Labute approximate surface area is 115 Å². The van der Waals surface area contributed by atoms with Crippen LogP contribution in [0, 0.1) is 13.8 Å². The topological polar surface area (TPSA) is 17.0 Å². The number of fused-ring (bicyclic) bond motifs is 1. The highest BCUT2D eigenvalue weighted by Crippen LogP contribution is 2.22. The second-order valence-corrected chi connectivity index (χ2v) is 5.71. The molecule has 1 aliphatic rings. The van der Waals surface area contributed by atoms with Gasteiger partial charge in [-0.25, -0.2) is 0 Å². The summed E-state index contributed by atoms with van der Waals surface area (Å²) in [6.07, 6.45) is 2.34. The van der Waals surface area contributed by atoms with Gasteiger partial charge in [0.05, 0.1) is 0 Å². The molecule has 0 bridgehead atoms. The maximum Gasteiger partial charge on any atom is 0.0226 e. The first-order valence-corrected chi connectivity index (χ1v) is 7.07. The largest absolute Gasteiger partial charge is 0.352 e. The lowest BCUT2D eigenvalue weighted by Gasteiger charge is -2.12. The molecule has 1 aromatic carbocycles. The lowest BCUT2D eigenvalue weighted by Crippen LogP contribution is -2.29. The van der Waals surface area contributed by atoms with Gasteiger partial charge in [0, 0.05) is 31.0 Å². The van der Waals surface area contributed by atoms with Crippen molar-refractivity contribution in [2.24, 2.45) is 7.05 Å². The minimum Gasteiger partial charge on any atom is -0.352 e. The maximum atomic E-state index is 3.71. The van der Waals surface area contributed by atoms with E-state index < -0.39 is 0 Å². The second-order valence-electron chi connectivity index (χ2n) is 5.71. The summed E-state index contributed by atoms with van der Waals surface area (Å²) in [5.41, 5.74) is 7.17. The van der Waals surface area contributed by atoms with Crippen LogP contribution in [-0.4, -0.2) is 10.6 Å². The number of aromatic nitrogens is 1. The van der Waals surface area contributed by atoms with Crippen LogP contribution in [0.5, 0.6) is 0 Å². The molecule has 2 nitrogen and oxygen atoms in total. The monoisotopic (exact) mass is 254 g/mol. The first-order valence-electron chi connectivity index (χ1n) is 7.07. The Kier molecular flexibility index (Phi) is 3.19. The van der Waals surface area contributed by atoms with Gasteiger partial charge in [-0.15, -0.1) is 0 Å². The SMILES string of the molecule is Cc1cc(CNC2Cc3ccccc3C2)c(C)n1C. The van der Waals surface area contributed by atoms with Crippen molar-refractivity contribution in [3.63, 3.8) is 0 Å². The lowest BCUT2D eigenvalue weighted by atomic mass is 10.1. The predicted molar refractivity (Wildman–Crippen MR) is 79.4 cm³/mol. The Balaban J connectivity index is 1.64. The minimum absolute atomic E-state index is 0.595. The number of nitrogens with one attached hydrogen (secondary N) is 1. The molecule has 2 aromatic rings. The summed E-state index contributed by atoms with van der Waals surface area (Å²) in [6.45, 7) is 5.35. The van der Waals surface area contributed by atoms with Crippen LogP contribution in [0.15, 0.2) is 30.3 Å². The predicted octanol–water partition coefficient (Wildman–Crippen LogP) is 2.90. The molecule has 0 unspecified atom stereocenters. The third kappa shape index (κ3) is 2.33. The number of nitrogens with zero attached hydrogens (tertiary/aromatic N) is 1. The highest BCUT2D eigenvalue weighted by molar-refractivity contribution is 5.33. The van der Waals surface area contributed by atoms with Gasteiger partial charge in [-0.05, 0) is 49.4 Å². The van der Waals surface area contributed by atoms with Gasteiger partial charge in [0.15, 0.2) is 0 Å². The van der Waals surface area contributed by atoms with Crippen molar-refractivity contribution < 1.29 is 0 Å². The van der Waals surface area contributed by atoms with Crippen molar-refractivity contribution in [2.75, 3.05) is 0 Å². The molecule has 1 N–H and O–H groups in total. The summed E-state index contributed by atoms with van der Waals surface area (Å²) in [5, 5.41) is 3.71. The number of hydrogen-bond acceptors (Lipinski definition) is 1. The summed E-state index contributed by atoms with van der Waals surface area (Å²) in [4.78, 5) is 0. The number of aryl methyl sites for hydroxylation is 1. The molecule has 3 rings (SSSR count). The van der Waals surface area contributed by atoms with Crippen molar-refractivity contribution >= 4 is 0 Å². The van der Waals surface area contributed by atoms with Crippen molar-refractivity contribution in [3.05, 3.63) is 58.4 Å². The van der Waals surface area contributed by atoms with E-state index in [4.69, 9.17) is 0 Å². The minimum atomic E-state index is 0.595. The van der Waals surface area contributed by atoms with Crippen molar-refractivity contribution in [1.29, 1.82) is 0 Å². The van der Waals surface area contributed by atoms with Crippen molar-refractivity contribution in [1.82, 2.24) is 9.88 Å². The second kappa shape index (κ2) is 4.86. The van der Waals surface area contributed by atoms with Gasteiger partial charge in [-0.2, -0.15) is 0 Å². The fourth-order valence-electron chi connectivity index (χ4n) is 3.07. The molecule has 100 valence electrons. The Morgan fingerprint density at radius 1 is 1.16 bits per heavy atom. The smallest absolute Gasteiger partial charge is 0.0226 e. The van der Waals surface area contributed by atoms with Crippen LogP contribution >= 0.6 is 0 Å². The van der Waals surface area contributed by atoms with E-state index in [2.05, 4.69) is 61.1 Å². The van der Waals surface area contributed by atoms with Crippen LogP contribution in [0.1, 0.15) is 28.1 Å². The Morgan fingerprint density at radius 3 is 2.32 bits per heavy atom. The van der Waals surface area contributed by atoms with Crippen LogP contribution in [0.4, 0.5) is 0 Å². The zero-order chi connectivity index (χ0) is 13.4. The van der Waals surface area contributed by atoms with E-state index in [0.717, 1.165) is 6.54 Å². The van der Waals surface area contributed by atoms with E-state index in [-0.39, 0.29) is 0 Å². The molecule has 1 heterocycles. The quantitative estimate of drug-likeness (QED) is 0.891. The maximum absolute atomic E-state index is 3.71. The highest BCUT2D eigenvalue weighted by Gasteiger charge is 2.20. The summed E-state index contributed by atoms with van der Waals surface area (Å²) in [6, 6.07) is 11.7. The van der Waals surface area contributed by atoms with Crippen molar-refractivity contribution in [2.45, 2.75) is 39.3 Å². The molecule has 0 saturated carbocycles. The number of hydrogen-bond donors (Lipinski definition) is 1. The summed E-state index contributed by atoms with van der Waals surface area (Å²) in [7, 11) is 2.14. The normalized spacial score (nSPS) is 14.9. The first-order chi connectivity index (χ1) is 9.15. The third-order valence-corrected chi connectivity index (χ3v) is 4.51. The van der Waals surface area contributed by atoms with Crippen LogP contribution in [0.2, 0.25) is 0 Å². The average Bonchev–Trinajstić information content (AvgIpc) is 2.93. The van der Waals surface area contributed by atoms with E-state index in [1.807, 2.05) is 0 Å². The lowest BCUT2D eigenvalue weighted by molar-refractivity contribution is 0.531. The fraction of sp³-hybridized carbons (Fsp3) is 0.412. The molecule has 0 spiro atoms. The Hall–Kier alpha value is -1.54. The van der Waals surface area contributed by atoms with Crippen LogP contribution in [0.3, 0.4) is 0 Å². The first kappa shape index (κ1) is 12.5. The third-order valence-electron chi connectivity index (χ3n) is 4.51. The van der Waals surface area contributed by atoms with Gasteiger partial charge in [-0.3, -0.25) is 0 Å². The zero-order valence-corrected chi connectivity index (χ0v) is 12.0. The van der Waals surface area contributed by atoms with E-state index in [0.29, 0.717) is 6.04 Å². The highest BCUT2D eigenvalue weighted by atomic mass is 15.0. The molecule has 1 aliphatic carbocycles. The van der Waals surface area contributed by atoms with Gasteiger partial charge in [0.25, 0.3) is 0 Å². The van der Waals surface area contributed by atoms with E-state index in [9.17, 15) is 0 Å². The molecular formula is C17H22N2. The number of rotatable bonds is 3. The van der Waals surface area contributed by atoms with E-state index >= 15 is 0 Å². The molecule has 19 heavy (non-hydrogen) atoms. The Morgan fingerprint density at radius 2 is 1.79 bits per heavy atom. The summed E-state index contributed by atoms with van der Waals surface area (Å²) < 4.78 is 2.26. The van der Waals surface area contributed by atoms with E-state index in [1.54, 1.807) is 0 Å². The van der Waals surface area contributed by atoms with Gasteiger partial charge in [-0.1, -0.05) is 24.3 Å². The standard InChI is InChI=1S/C17H22N2/c1-12-8-16(13(2)19(12)3)11-18-17-9-14-6-4-5-7-15(14)10-17/h4-8,17-18H,9-11H2,1-3H3. The summed E-state index contributed by atoms with van der Waals surface area (Å²) in [5.74, 6) is 0. The molecule has 0 saturated heterocycles. The van der Waals surface area contributed by atoms with Gasteiger partial charge in [0.2, 0.25) is 0 Å². The van der Waals surface area contributed by atoms with Crippen LogP contribution < -0.4 is 5.32 Å². The van der Waals surface area contributed by atoms with Gasteiger partial charge < -0.3 is 9.88 Å². The molecule has 1 aromatic heterocycles. The average molecular weight is 254 g/mol. The van der Waals surface area contributed by atoms with Gasteiger partial charge >= 0.3 is 0 Å². The summed E-state index contributed by atoms with van der Waals surface area (Å²) >= 11 is 0. The van der Waals surface area contributed by atoms with E-state index in [1.165, 1.54) is 40.9 Å². The number of benzene rings is 1. The molecule has 0 aliphatic heterocycles. The molecule has 0 radical (unpaired) electrons. The molecule has 0 amide bonds. The molecule has 2 heteroatoms. The molecule has 0 fully saturated rings. The van der Waals surface area contributed by atoms with Crippen LogP contribution in [-0.2, 0) is 26.4 Å². The van der Waals surface area contributed by atoms with Gasteiger partial charge in [0.1, 0.15) is 0 Å². The fourth-order valence-corrected chi connectivity index (χ4v) is 3.07. The van der Waals surface area contributed by atoms with Crippen molar-refractivity contribution in [3.8, 4) is 0 Å². The molecular weight excluding hydrogens is 232 g/mol. The molecule has 0 atom stereocenters. The zero-order valence-electron chi connectivity index (χ0n) is 12.0.